The number of amides is 2. The van der Waals surface area contributed by atoms with E-state index in [9.17, 15) is 18.0 Å². The molecule has 0 heterocycles. The van der Waals surface area contributed by atoms with Gasteiger partial charge in [0.15, 0.2) is 0 Å². The molecule has 198 valence electrons. The van der Waals surface area contributed by atoms with Gasteiger partial charge in [0.25, 0.3) is 0 Å². The fraction of sp³-hybridized carbons (Fsp3) is 0.462. The van der Waals surface area contributed by atoms with Gasteiger partial charge in [-0.25, -0.2) is 4.31 Å². The summed E-state index contributed by atoms with van der Waals surface area (Å²) in [5, 5.41) is 2.96. The maximum Gasteiger partial charge on any atom is 0.304 e. The Labute approximate surface area is 215 Å². The molecule has 0 radical (unpaired) electrons. The minimum atomic E-state index is -3.98. The van der Waals surface area contributed by atoms with E-state index < -0.39 is 28.7 Å². The molecular formula is C26H38N4O5S. The maximum atomic E-state index is 13.8. The van der Waals surface area contributed by atoms with Gasteiger partial charge in [0.2, 0.25) is 11.8 Å². The van der Waals surface area contributed by atoms with Gasteiger partial charge in [-0.3, -0.25) is 9.59 Å². The molecule has 2 aromatic carbocycles. The zero-order valence-electron chi connectivity index (χ0n) is 22.0. The number of nitrogens with one attached hydrogen (secondary N) is 1. The molecule has 9 nitrogen and oxygen atoms in total. The number of carbonyl (C=O) groups is 2. The van der Waals surface area contributed by atoms with E-state index in [2.05, 4.69) is 5.32 Å². The summed E-state index contributed by atoms with van der Waals surface area (Å²) < 4.78 is 33.7. The van der Waals surface area contributed by atoms with Crippen LogP contribution in [0.5, 0.6) is 5.75 Å². The summed E-state index contributed by atoms with van der Waals surface area (Å²) in [6.45, 7) is 5.39. The van der Waals surface area contributed by atoms with Crippen LogP contribution in [0, 0.1) is 0 Å². The van der Waals surface area contributed by atoms with E-state index >= 15 is 0 Å². The van der Waals surface area contributed by atoms with Crippen molar-refractivity contribution in [2.75, 3.05) is 32.1 Å². The lowest BCUT2D eigenvalue weighted by atomic mass is 10.1. The van der Waals surface area contributed by atoms with E-state index in [1.165, 1.54) is 19.0 Å². The van der Waals surface area contributed by atoms with Crippen molar-refractivity contribution in [3.63, 3.8) is 0 Å². The first-order chi connectivity index (χ1) is 17.0. The van der Waals surface area contributed by atoms with Crippen molar-refractivity contribution >= 4 is 27.7 Å². The smallest absolute Gasteiger partial charge is 0.304 e. The number of rotatable bonds is 13. The minimum Gasteiger partial charge on any atom is -0.497 e. The maximum absolute atomic E-state index is 13.8. The molecule has 2 amide bonds. The van der Waals surface area contributed by atoms with E-state index in [0.717, 1.165) is 20.6 Å². The van der Waals surface area contributed by atoms with E-state index in [1.807, 2.05) is 32.9 Å². The number of benzene rings is 2. The number of methoxy groups -OCH3 is 1. The third-order valence-corrected chi connectivity index (χ3v) is 7.78. The van der Waals surface area contributed by atoms with Crippen molar-refractivity contribution in [1.82, 2.24) is 14.5 Å². The van der Waals surface area contributed by atoms with Crippen LogP contribution < -0.4 is 14.4 Å². The molecule has 2 rings (SSSR count). The summed E-state index contributed by atoms with van der Waals surface area (Å²) in [5.74, 6) is -0.0767. The molecule has 1 N–H and O–H groups in total. The lowest BCUT2D eigenvalue weighted by Crippen LogP contribution is -2.54. The molecule has 2 aromatic rings. The fourth-order valence-electron chi connectivity index (χ4n) is 3.60. The van der Waals surface area contributed by atoms with Crippen molar-refractivity contribution < 1.29 is 22.7 Å². The molecule has 10 heteroatoms. The summed E-state index contributed by atoms with van der Waals surface area (Å²) in [6.07, 6.45) is 1.12. The van der Waals surface area contributed by atoms with Gasteiger partial charge < -0.3 is 15.0 Å². The second kappa shape index (κ2) is 13.3. The van der Waals surface area contributed by atoms with Crippen LogP contribution in [0.25, 0.3) is 0 Å². The van der Waals surface area contributed by atoms with Crippen molar-refractivity contribution in [2.24, 2.45) is 0 Å². The largest absolute Gasteiger partial charge is 0.497 e. The summed E-state index contributed by atoms with van der Waals surface area (Å²) in [5.41, 5.74) is 1.15. The van der Waals surface area contributed by atoms with Gasteiger partial charge in [-0.2, -0.15) is 12.7 Å². The Balaban J connectivity index is 2.47. The molecule has 36 heavy (non-hydrogen) atoms. The van der Waals surface area contributed by atoms with Gasteiger partial charge in [0, 0.05) is 26.7 Å². The number of para-hydroxylation sites is 1. The Morgan fingerprint density at radius 2 is 1.58 bits per heavy atom. The Hall–Kier alpha value is -3.11. The van der Waals surface area contributed by atoms with Crippen LogP contribution in [0.3, 0.4) is 0 Å². The molecule has 0 spiro atoms. The average molecular weight is 519 g/mol. The molecule has 0 unspecified atom stereocenters. The third kappa shape index (κ3) is 7.44. The molecule has 0 aliphatic rings. The van der Waals surface area contributed by atoms with Gasteiger partial charge >= 0.3 is 10.2 Å². The molecule has 2 atom stereocenters. The second-order valence-electron chi connectivity index (χ2n) is 8.74. The van der Waals surface area contributed by atoms with Gasteiger partial charge in [0.05, 0.1) is 12.8 Å². The predicted octanol–water partition coefficient (Wildman–Crippen LogP) is 3.03. The number of carbonyl (C=O) groups excluding carboxylic acids is 2. The van der Waals surface area contributed by atoms with Crippen LogP contribution in [0.15, 0.2) is 54.6 Å². The highest BCUT2D eigenvalue weighted by Crippen LogP contribution is 2.21. The Bertz CT molecular complexity index is 1090. The standard InChI is InChI=1S/C26H38N4O5S/c1-7-20(3)27-26(32)24(8-2)29(18-21-14-16-23(35-6)17-15-21)25(31)19-30(36(33,34)28(4)5)22-12-10-9-11-13-22/h9-17,20,24H,7-8,18-19H2,1-6H3,(H,27,32)/t20-,24+/m1/s1. The summed E-state index contributed by atoms with van der Waals surface area (Å²) in [6, 6.07) is 14.8. The highest BCUT2D eigenvalue weighted by molar-refractivity contribution is 7.90. The molecule has 0 aliphatic carbocycles. The van der Waals surface area contributed by atoms with Crippen LogP contribution >= 0.6 is 0 Å². The Morgan fingerprint density at radius 1 is 0.972 bits per heavy atom. The first kappa shape index (κ1) is 29.1. The third-order valence-electron chi connectivity index (χ3n) is 5.96. The van der Waals surface area contributed by atoms with Crippen LogP contribution in [-0.2, 0) is 26.3 Å². The number of anilines is 1. The summed E-state index contributed by atoms with van der Waals surface area (Å²) >= 11 is 0. The first-order valence-electron chi connectivity index (χ1n) is 12.0. The average Bonchev–Trinajstić information content (AvgIpc) is 2.87. The van der Waals surface area contributed by atoms with E-state index in [4.69, 9.17) is 4.74 Å². The van der Waals surface area contributed by atoms with E-state index in [0.29, 0.717) is 17.9 Å². The van der Waals surface area contributed by atoms with Crippen molar-refractivity contribution in [2.45, 2.75) is 52.2 Å². The van der Waals surface area contributed by atoms with Crippen molar-refractivity contribution in [1.29, 1.82) is 0 Å². The van der Waals surface area contributed by atoms with Gasteiger partial charge in [0.1, 0.15) is 18.3 Å². The van der Waals surface area contributed by atoms with Gasteiger partial charge in [-0.15, -0.1) is 0 Å². The fourth-order valence-corrected chi connectivity index (χ4v) is 4.66. The van der Waals surface area contributed by atoms with Crippen LogP contribution in [0.4, 0.5) is 5.69 Å². The molecule has 0 saturated heterocycles. The minimum absolute atomic E-state index is 0.0561. The molecular weight excluding hydrogens is 480 g/mol. The normalized spacial score (nSPS) is 13.1. The van der Waals surface area contributed by atoms with E-state index in [-0.39, 0.29) is 18.5 Å². The van der Waals surface area contributed by atoms with Crippen LogP contribution in [0.1, 0.15) is 39.2 Å². The number of ether oxygens (including phenoxy) is 1. The summed E-state index contributed by atoms with van der Waals surface area (Å²) in [4.78, 5) is 28.4. The van der Waals surface area contributed by atoms with Gasteiger partial charge in [-0.05, 0) is 49.6 Å². The molecule has 0 saturated carbocycles. The quantitative estimate of drug-likeness (QED) is 0.440. The second-order valence-corrected chi connectivity index (χ2v) is 10.8. The number of hydrogen-bond donors (Lipinski definition) is 1. The SMILES string of the molecule is CC[C@@H](C)NC(=O)[C@H](CC)N(Cc1ccc(OC)cc1)C(=O)CN(c1ccccc1)S(=O)(=O)N(C)C. The molecule has 0 aromatic heterocycles. The number of nitrogens with zero attached hydrogens (tertiary/aromatic N) is 3. The lowest BCUT2D eigenvalue weighted by Gasteiger charge is -2.34. The molecule has 0 bridgehead atoms. The highest BCUT2D eigenvalue weighted by Gasteiger charge is 2.34. The van der Waals surface area contributed by atoms with Crippen LogP contribution in [-0.4, -0.2) is 69.3 Å². The monoisotopic (exact) mass is 518 g/mol. The van der Waals surface area contributed by atoms with Crippen molar-refractivity contribution in [3.05, 3.63) is 60.2 Å². The lowest BCUT2D eigenvalue weighted by molar-refractivity contribution is -0.140. The van der Waals surface area contributed by atoms with E-state index in [1.54, 1.807) is 49.6 Å². The van der Waals surface area contributed by atoms with Crippen molar-refractivity contribution in [3.8, 4) is 5.75 Å². The predicted molar refractivity (Wildman–Crippen MR) is 142 cm³/mol. The van der Waals surface area contributed by atoms with Gasteiger partial charge in [-0.1, -0.05) is 44.2 Å². The molecule has 0 aliphatic heterocycles. The Kier molecular flexibility index (Phi) is 10.7. The zero-order valence-corrected chi connectivity index (χ0v) is 22.8. The number of hydrogen-bond acceptors (Lipinski definition) is 5. The highest BCUT2D eigenvalue weighted by atomic mass is 32.2. The summed E-state index contributed by atoms with van der Waals surface area (Å²) in [7, 11) is 0.426. The zero-order chi connectivity index (χ0) is 26.9. The topological polar surface area (TPSA) is 99.3 Å². The molecule has 0 fully saturated rings. The van der Waals surface area contributed by atoms with Crippen LogP contribution in [0.2, 0.25) is 0 Å². The first-order valence-corrected chi connectivity index (χ1v) is 13.4. The Morgan fingerprint density at radius 3 is 2.08 bits per heavy atom.